The third-order valence-electron chi connectivity index (χ3n) is 0.516. The van der Waals surface area contributed by atoms with E-state index in [2.05, 4.69) is 8.87 Å². The molecule has 16 heavy (non-hydrogen) atoms. The molecule has 0 aliphatic rings. The molecule has 0 fully saturated rings. The third kappa shape index (κ3) is 14.9. The summed E-state index contributed by atoms with van der Waals surface area (Å²) in [6, 6.07) is 0. The maximum absolute atomic E-state index is 9.60. The molecule has 96 valence electrons. The fourth-order valence-corrected chi connectivity index (χ4v) is 1.80. The van der Waals surface area contributed by atoms with Crippen molar-refractivity contribution >= 4 is 22.7 Å². The summed E-state index contributed by atoms with van der Waals surface area (Å²) in [4.78, 5) is 28.8. The van der Waals surface area contributed by atoms with Gasteiger partial charge in [0.05, 0.1) is 0 Å². The van der Waals surface area contributed by atoms with Crippen LogP contribution < -0.4 is 0 Å². The van der Waals surface area contributed by atoms with Crippen LogP contribution in [0.15, 0.2) is 0 Å². The van der Waals surface area contributed by atoms with Crippen LogP contribution in [0.5, 0.6) is 0 Å². The zero-order valence-electron chi connectivity index (χ0n) is 7.09. The third-order valence-corrected chi connectivity index (χ3v) is 3.46. The summed E-state index contributed by atoms with van der Waals surface area (Å²) in [7, 11) is 0. The van der Waals surface area contributed by atoms with Gasteiger partial charge in [-0.2, -0.15) is 0 Å². The first-order chi connectivity index (χ1) is 5.91. The molecule has 0 spiro atoms. The van der Waals surface area contributed by atoms with Crippen LogP contribution in [0, 0.1) is 30.3 Å². The van der Waals surface area contributed by atoms with Crippen molar-refractivity contribution in [2.24, 2.45) is 0 Å². The summed E-state index contributed by atoms with van der Waals surface area (Å²) in [6.45, 7) is 0. The second kappa shape index (κ2) is 11.4. The predicted molar refractivity (Wildman–Crippen MR) is 40.8 cm³/mol. The standard InChI is InChI=1S/In.3NO3.3H2O/c;3*2-1(3)4;;;/h;;;;3*1H2/q+3;3*-1;;;. The van der Waals surface area contributed by atoms with Gasteiger partial charge in [-0.05, 0) is 0 Å². The van der Waals surface area contributed by atoms with Gasteiger partial charge < -0.3 is 16.4 Å². The molecule has 0 aromatic rings. The number of rotatable bonds is 6. The molecule has 0 aromatic heterocycles. The molecule has 6 N–H and O–H groups in total. The van der Waals surface area contributed by atoms with Gasteiger partial charge in [-0.3, -0.25) is 0 Å². The van der Waals surface area contributed by atoms with Gasteiger partial charge in [0.25, 0.3) is 0 Å². The van der Waals surface area contributed by atoms with Crippen LogP contribution in [0.1, 0.15) is 0 Å². The molecule has 0 bridgehead atoms. The molecule has 0 amide bonds. The van der Waals surface area contributed by atoms with E-state index in [9.17, 15) is 30.3 Å². The first kappa shape index (κ1) is 23.9. The van der Waals surface area contributed by atoms with Crippen LogP contribution in [-0.2, 0) is 8.87 Å². The van der Waals surface area contributed by atoms with Crippen LogP contribution in [0.2, 0.25) is 0 Å². The van der Waals surface area contributed by atoms with Crippen molar-refractivity contribution in [1.82, 2.24) is 0 Å². The molecule has 0 aliphatic heterocycles. The molecular weight excluding hydrogens is 349 g/mol. The van der Waals surface area contributed by atoms with Crippen LogP contribution >= 0.6 is 0 Å². The Hall–Kier alpha value is -1.65. The molecule has 0 saturated carbocycles. The van der Waals surface area contributed by atoms with Crippen molar-refractivity contribution in [1.29, 1.82) is 0 Å². The Morgan fingerprint density at radius 1 is 0.688 bits per heavy atom. The quantitative estimate of drug-likeness (QED) is 0.333. The van der Waals surface area contributed by atoms with Crippen molar-refractivity contribution in [3.63, 3.8) is 0 Å². The average Bonchev–Trinajstić information content (AvgIpc) is 1.80. The molecule has 0 atom stereocenters. The number of hydrogen-bond donors (Lipinski definition) is 0. The Balaban J connectivity index is -0.000000240. The Morgan fingerprint density at radius 2 is 0.875 bits per heavy atom. The van der Waals surface area contributed by atoms with E-state index in [1.807, 2.05) is 0 Å². The Bertz CT molecular complexity index is 186. The molecule has 0 radical (unpaired) electrons. The fraction of sp³-hybridized carbons (Fsp3) is 0. The molecule has 0 saturated heterocycles. The summed E-state index contributed by atoms with van der Waals surface area (Å²) in [5, 5.41) is 24.5. The SMILES string of the molecule is O.O.O.O=[N+]([O-])[O][In]([O][N+](=O)[O-])[O][N+](=O)[O-]. The molecule has 16 heteroatoms. The van der Waals surface area contributed by atoms with E-state index in [0.717, 1.165) is 0 Å². The Labute approximate surface area is 94.1 Å². The first-order valence-electron chi connectivity index (χ1n) is 2.35. The van der Waals surface area contributed by atoms with Crippen LogP contribution in [-0.4, -0.2) is 54.4 Å². The van der Waals surface area contributed by atoms with E-state index in [-0.39, 0.29) is 16.4 Å². The minimum absolute atomic E-state index is 0. The summed E-state index contributed by atoms with van der Waals surface area (Å²) < 4.78 is 10.4. The zero-order valence-corrected chi connectivity index (χ0v) is 10.4. The van der Waals surface area contributed by atoms with Crippen molar-refractivity contribution in [3.05, 3.63) is 30.3 Å². The summed E-state index contributed by atoms with van der Waals surface area (Å²) in [5.74, 6) is 0. The van der Waals surface area contributed by atoms with Crippen LogP contribution in [0.25, 0.3) is 0 Å². The van der Waals surface area contributed by atoms with Crippen molar-refractivity contribution < 1.29 is 40.6 Å². The van der Waals surface area contributed by atoms with E-state index < -0.39 is 38.0 Å². The van der Waals surface area contributed by atoms with Gasteiger partial charge in [0.2, 0.25) is 0 Å². The van der Waals surface area contributed by atoms with Gasteiger partial charge in [-0.15, -0.1) is 0 Å². The average molecular weight is 355 g/mol. The molecule has 0 heterocycles. The van der Waals surface area contributed by atoms with Gasteiger partial charge >= 0.3 is 77.2 Å². The predicted octanol–water partition coefficient (Wildman–Crippen LogP) is -3.88. The summed E-state index contributed by atoms with van der Waals surface area (Å²) >= 11 is -4.70. The van der Waals surface area contributed by atoms with E-state index in [4.69, 9.17) is 0 Å². The van der Waals surface area contributed by atoms with Crippen LogP contribution in [0.4, 0.5) is 0 Å². The van der Waals surface area contributed by atoms with E-state index in [0.29, 0.717) is 0 Å². The van der Waals surface area contributed by atoms with Crippen molar-refractivity contribution in [3.8, 4) is 0 Å². The van der Waals surface area contributed by atoms with Gasteiger partial charge in [-0.25, -0.2) is 0 Å². The minimum atomic E-state index is -4.70. The fourth-order valence-electron chi connectivity index (χ4n) is 0.269. The van der Waals surface area contributed by atoms with Gasteiger partial charge in [-0.1, -0.05) is 0 Å². The zero-order chi connectivity index (χ0) is 10.4. The Kier molecular flexibility index (Phi) is 17.0. The number of hydrogen-bond acceptors (Lipinski definition) is 9. The van der Waals surface area contributed by atoms with Crippen LogP contribution in [0.3, 0.4) is 0 Å². The first-order valence-corrected chi connectivity index (χ1v) is 6.39. The normalized spacial score (nSPS) is 6.75. The summed E-state index contributed by atoms with van der Waals surface area (Å²) in [6.07, 6.45) is 0. The molecular formula is H6InN3O12. The topological polar surface area (TPSA) is 252 Å². The maximum atomic E-state index is 9.60. The van der Waals surface area contributed by atoms with E-state index in [1.165, 1.54) is 0 Å². The molecule has 0 unspecified atom stereocenters. The van der Waals surface area contributed by atoms with Gasteiger partial charge in [0, 0.05) is 0 Å². The monoisotopic (exact) mass is 355 g/mol. The molecule has 0 rings (SSSR count). The second-order valence-electron chi connectivity index (χ2n) is 1.28. The summed E-state index contributed by atoms with van der Waals surface area (Å²) in [5.41, 5.74) is 0. The number of nitrogens with zero attached hydrogens (tertiary/aromatic N) is 3. The van der Waals surface area contributed by atoms with Crippen molar-refractivity contribution in [2.75, 3.05) is 0 Å². The molecule has 0 aliphatic carbocycles. The Morgan fingerprint density at radius 3 is 1.00 bits per heavy atom. The van der Waals surface area contributed by atoms with E-state index in [1.54, 1.807) is 0 Å². The van der Waals surface area contributed by atoms with Gasteiger partial charge in [0.1, 0.15) is 0 Å². The van der Waals surface area contributed by atoms with Gasteiger partial charge in [0.15, 0.2) is 0 Å². The van der Waals surface area contributed by atoms with Crippen molar-refractivity contribution in [2.45, 2.75) is 0 Å². The second-order valence-corrected chi connectivity index (χ2v) is 4.73. The molecule has 0 aromatic carbocycles. The molecule has 15 nitrogen and oxygen atoms in total. The van der Waals surface area contributed by atoms with E-state index >= 15 is 0 Å².